The van der Waals surface area contributed by atoms with Crippen LogP contribution in [0.1, 0.15) is 25.3 Å². The van der Waals surface area contributed by atoms with Crippen molar-refractivity contribution in [2.24, 2.45) is 0 Å². The molecule has 0 aromatic heterocycles. The van der Waals surface area contributed by atoms with Crippen LogP contribution in [0.15, 0.2) is 53.0 Å². The van der Waals surface area contributed by atoms with Gasteiger partial charge in [0, 0.05) is 23.2 Å². The van der Waals surface area contributed by atoms with Gasteiger partial charge in [0.05, 0.1) is 0 Å². The van der Waals surface area contributed by atoms with Gasteiger partial charge in [-0.3, -0.25) is 0 Å². The van der Waals surface area contributed by atoms with E-state index in [2.05, 4.69) is 39.9 Å². The first-order valence-electron chi connectivity index (χ1n) is 6.94. The van der Waals surface area contributed by atoms with Crippen molar-refractivity contribution in [1.29, 1.82) is 0 Å². The van der Waals surface area contributed by atoms with E-state index in [4.69, 9.17) is 0 Å². The summed E-state index contributed by atoms with van der Waals surface area (Å²) in [5.74, 6) is -0.196. The first kappa shape index (κ1) is 15.0. The van der Waals surface area contributed by atoms with Gasteiger partial charge in [-0.05, 0) is 42.3 Å². The number of hydrogen-bond acceptors (Lipinski definition) is 1. The highest BCUT2D eigenvalue weighted by Crippen LogP contribution is 2.20. The van der Waals surface area contributed by atoms with E-state index in [1.807, 2.05) is 24.3 Å². The van der Waals surface area contributed by atoms with Crippen molar-refractivity contribution in [3.8, 4) is 0 Å². The predicted molar refractivity (Wildman–Crippen MR) is 86.5 cm³/mol. The molecule has 1 nitrogen and oxygen atoms in total. The molecule has 0 aliphatic carbocycles. The maximum Gasteiger partial charge on any atom is 0.124 e. The van der Waals surface area contributed by atoms with E-state index in [1.165, 1.54) is 11.8 Å². The minimum Gasteiger partial charge on any atom is -0.367 e. The maximum absolute atomic E-state index is 13.5. The molecule has 0 saturated heterocycles. The van der Waals surface area contributed by atoms with Gasteiger partial charge >= 0.3 is 0 Å². The molecule has 0 aliphatic heterocycles. The Kier molecular flexibility index (Phi) is 5.60. The standard InChI is InChI=1S/C17H19BrFN/c1-2-3-9-20(17-7-5-4-6-8-17)13-14-10-15(18)12-16(19)11-14/h4-8,10-12H,2-3,9,13H2,1H3. The first-order chi connectivity index (χ1) is 9.69. The quantitative estimate of drug-likeness (QED) is 0.683. The molecule has 0 radical (unpaired) electrons. The van der Waals surface area contributed by atoms with E-state index in [1.54, 1.807) is 6.07 Å². The van der Waals surface area contributed by atoms with Crippen LogP contribution in [0.5, 0.6) is 0 Å². The van der Waals surface area contributed by atoms with Crippen molar-refractivity contribution in [2.45, 2.75) is 26.3 Å². The van der Waals surface area contributed by atoms with E-state index in [0.29, 0.717) is 0 Å². The molecule has 0 bridgehead atoms. The van der Waals surface area contributed by atoms with Crippen molar-refractivity contribution < 1.29 is 4.39 Å². The zero-order chi connectivity index (χ0) is 14.4. The molecule has 2 aromatic rings. The summed E-state index contributed by atoms with van der Waals surface area (Å²) in [5.41, 5.74) is 2.16. The van der Waals surface area contributed by atoms with Gasteiger partial charge in [-0.2, -0.15) is 0 Å². The zero-order valence-corrected chi connectivity index (χ0v) is 13.2. The Bertz CT molecular complexity index is 522. The van der Waals surface area contributed by atoms with Gasteiger partial charge in [0.2, 0.25) is 0 Å². The average molecular weight is 336 g/mol. The molecule has 2 aromatic carbocycles. The summed E-state index contributed by atoms with van der Waals surface area (Å²) in [5, 5.41) is 0. The van der Waals surface area contributed by atoms with E-state index < -0.39 is 0 Å². The molecule has 0 heterocycles. The smallest absolute Gasteiger partial charge is 0.124 e. The Labute approximate surface area is 128 Å². The summed E-state index contributed by atoms with van der Waals surface area (Å²) in [7, 11) is 0. The molecule has 20 heavy (non-hydrogen) atoms. The van der Waals surface area contributed by atoms with Gasteiger partial charge in [-0.15, -0.1) is 0 Å². The first-order valence-corrected chi connectivity index (χ1v) is 7.73. The number of para-hydroxylation sites is 1. The molecule has 0 atom stereocenters. The van der Waals surface area contributed by atoms with E-state index in [-0.39, 0.29) is 5.82 Å². The van der Waals surface area contributed by atoms with Crippen LogP contribution in [-0.2, 0) is 6.54 Å². The monoisotopic (exact) mass is 335 g/mol. The molecule has 0 amide bonds. The van der Waals surface area contributed by atoms with Crippen LogP contribution in [0.4, 0.5) is 10.1 Å². The minimum absolute atomic E-state index is 0.196. The molecule has 0 unspecified atom stereocenters. The lowest BCUT2D eigenvalue weighted by atomic mass is 10.1. The fourth-order valence-electron chi connectivity index (χ4n) is 2.21. The fourth-order valence-corrected chi connectivity index (χ4v) is 2.72. The molecule has 0 saturated carbocycles. The van der Waals surface area contributed by atoms with Crippen LogP contribution in [0.2, 0.25) is 0 Å². The number of hydrogen-bond donors (Lipinski definition) is 0. The number of unbranched alkanes of at least 4 members (excludes halogenated alkanes) is 1. The van der Waals surface area contributed by atoms with Gasteiger partial charge in [-0.1, -0.05) is 47.5 Å². The predicted octanol–water partition coefficient (Wildman–Crippen LogP) is 5.39. The van der Waals surface area contributed by atoms with Crippen LogP contribution in [0.25, 0.3) is 0 Å². The molecule has 0 fully saturated rings. The molecule has 0 N–H and O–H groups in total. The molecular formula is C17H19BrFN. The Morgan fingerprint density at radius 3 is 2.50 bits per heavy atom. The summed E-state index contributed by atoms with van der Waals surface area (Å²) < 4.78 is 14.3. The van der Waals surface area contributed by atoms with Gasteiger partial charge in [0.25, 0.3) is 0 Å². The summed E-state index contributed by atoms with van der Waals surface area (Å²) >= 11 is 3.35. The second kappa shape index (κ2) is 7.44. The Hall–Kier alpha value is -1.35. The summed E-state index contributed by atoms with van der Waals surface area (Å²) in [6.07, 6.45) is 2.28. The van der Waals surface area contributed by atoms with E-state index in [0.717, 1.165) is 36.0 Å². The zero-order valence-electron chi connectivity index (χ0n) is 11.7. The molecule has 0 spiro atoms. The van der Waals surface area contributed by atoms with Gasteiger partial charge in [0.1, 0.15) is 5.82 Å². The van der Waals surface area contributed by atoms with Crippen molar-refractivity contribution >= 4 is 21.6 Å². The van der Waals surface area contributed by atoms with Crippen molar-refractivity contribution in [2.75, 3.05) is 11.4 Å². The Morgan fingerprint density at radius 1 is 1.10 bits per heavy atom. The van der Waals surface area contributed by atoms with Crippen LogP contribution >= 0.6 is 15.9 Å². The molecule has 0 aliphatic rings. The van der Waals surface area contributed by atoms with E-state index in [9.17, 15) is 4.39 Å². The third kappa shape index (κ3) is 4.34. The van der Waals surface area contributed by atoms with Crippen molar-refractivity contribution in [3.05, 3.63) is 64.4 Å². The Morgan fingerprint density at radius 2 is 1.85 bits per heavy atom. The third-order valence-electron chi connectivity index (χ3n) is 3.20. The number of anilines is 1. The van der Waals surface area contributed by atoms with Gasteiger partial charge in [0.15, 0.2) is 0 Å². The maximum atomic E-state index is 13.5. The molecular weight excluding hydrogens is 317 g/mol. The van der Waals surface area contributed by atoms with Gasteiger partial charge < -0.3 is 4.90 Å². The van der Waals surface area contributed by atoms with Crippen LogP contribution in [0, 0.1) is 5.82 Å². The van der Waals surface area contributed by atoms with Crippen LogP contribution in [0.3, 0.4) is 0 Å². The second-order valence-corrected chi connectivity index (χ2v) is 5.80. The highest BCUT2D eigenvalue weighted by atomic mass is 79.9. The summed E-state index contributed by atoms with van der Waals surface area (Å²) in [4.78, 5) is 2.30. The van der Waals surface area contributed by atoms with Crippen molar-refractivity contribution in [1.82, 2.24) is 0 Å². The minimum atomic E-state index is -0.196. The fraction of sp³-hybridized carbons (Fsp3) is 0.294. The normalized spacial score (nSPS) is 10.6. The SMILES string of the molecule is CCCCN(Cc1cc(F)cc(Br)c1)c1ccccc1. The van der Waals surface area contributed by atoms with Crippen molar-refractivity contribution in [3.63, 3.8) is 0 Å². The molecule has 2 rings (SSSR count). The highest BCUT2D eigenvalue weighted by molar-refractivity contribution is 9.10. The third-order valence-corrected chi connectivity index (χ3v) is 3.66. The highest BCUT2D eigenvalue weighted by Gasteiger charge is 2.08. The lowest BCUT2D eigenvalue weighted by molar-refractivity contribution is 0.622. The number of rotatable bonds is 6. The van der Waals surface area contributed by atoms with E-state index >= 15 is 0 Å². The lowest BCUT2D eigenvalue weighted by Crippen LogP contribution is -2.23. The van der Waals surface area contributed by atoms with Crippen LogP contribution < -0.4 is 4.90 Å². The molecule has 106 valence electrons. The average Bonchev–Trinajstić information content (AvgIpc) is 2.43. The lowest BCUT2D eigenvalue weighted by Gasteiger charge is -2.25. The number of halogens is 2. The largest absolute Gasteiger partial charge is 0.367 e. The van der Waals surface area contributed by atoms with Crippen LogP contribution in [-0.4, -0.2) is 6.54 Å². The topological polar surface area (TPSA) is 3.24 Å². The summed E-state index contributed by atoms with van der Waals surface area (Å²) in [6.45, 7) is 3.89. The summed E-state index contributed by atoms with van der Waals surface area (Å²) in [6, 6.07) is 15.4. The number of benzene rings is 2. The van der Waals surface area contributed by atoms with Gasteiger partial charge in [-0.25, -0.2) is 4.39 Å². The molecule has 3 heteroatoms. The second-order valence-electron chi connectivity index (χ2n) is 4.89. The number of nitrogens with zero attached hydrogens (tertiary/aromatic N) is 1. The Balaban J connectivity index is 2.19.